The number of benzene rings is 5. The second-order valence-corrected chi connectivity index (χ2v) is 12.9. The van der Waals surface area contributed by atoms with Gasteiger partial charge in [0, 0.05) is 39.0 Å². The maximum Gasteiger partial charge on any atom is 0.252 e. The standard InChI is InChI=1S/C38H35BN2S/c1-26-18-20-32-34(22-26)40(29-14-8-4-9-15-29)36-23-28(27-12-6-3-7-13-27)24-37-38(36)39(32)33-21-19-31(42-2)25-35(33)41(37)30-16-10-5-11-17-30/h4-5,8-11,14-25,27H,3,6-7,12-13H2,1-2H3. The van der Waals surface area contributed by atoms with Crippen LogP contribution in [-0.4, -0.2) is 13.0 Å². The third kappa shape index (κ3) is 4.11. The maximum atomic E-state index is 2.56. The predicted octanol–water partition coefficient (Wildman–Crippen LogP) is 8.85. The number of hydrogen-bond donors (Lipinski definition) is 0. The Kier molecular flexibility index (Phi) is 6.41. The Balaban J connectivity index is 1.48. The van der Waals surface area contributed by atoms with E-state index >= 15 is 0 Å². The minimum Gasteiger partial charge on any atom is -0.311 e. The van der Waals surface area contributed by atoms with Gasteiger partial charge in [-0.2, -0.15) is 0 Å². The number of thioether (sulfide) groups is 1. The van der Waals surface area contributed by atoms with Gasteiger partial charge in [-0.3, -0.25) is 0 Å². The lowest BCUT2D eigenvalue weighted by Gasteiger charge is -2.45. The number of hydrogen-bond acceptors (Lipinski definition) is 3. The number of para-hydroxylation sites is 2. The largest absolute Gasteiger partial charge is 0.311 e. The normalized spacial score (nSPS) is 15.7. The topological polar surface area (TPSA) is 6.48 Å². The van der Waals surface area contributed by atoms with Gasteiger partial charge in [0.05, 0.1) is 0 Å². The fraction of sp³-hybridized carbons (Fsp3) is 0.211. The van der Waals surface area contributed by atoms with Crippen molar-refractivity contribution in [2.45, 2.75) is 49.8 Å². The summed E-state index contributed by atoms with van der Waals surface area (Å²) in [6, 6.07) is 41.3. The molecule has 0 spiro atoms. The van der Waals surface area contributed by atoms with Crippen molar-refractivity contribution in [1.29, 1.82) is 0 Å². The average molecular weight is 563 g/mol. The highest BCUT2D eigenvalue weighted by Crippen LogP contribution is 2.47. The molecule has 0 N–H and O–H groups in total. The molecule has 0 radical (unpaired) electrons. The zero-order valence-corrected chi connectivity index (χ0v) is 25.2. The Bertz CT molecular complexity index is 1780. The lowest BCUT2D eigenvalue weighted by Crippen LogP contribution is -2.61. The zero-order valence-electron chi connectivity index (χ0n) is 24.4. The second kappa shape index (κ2) is 10.4. The molecule has 0 saturated heterocycles. The highest BCUT2D eigenvalue weighted by atomic mass is 32.2. The number of anilines is 6. The summed E-state index contributed by atoms with van der Waals surface area (Å²) in [6.07, 6.45) is 8.75. The van der Waals surface area contributed by atoms with Crippen molar-refractivity contribution in [2.24, 2.45) is 0 Å². The maximum absolute atomic E-state index is 2.56. The molecule has 2 heterocycles. The quantitative estimate of drug-likeness (QED) is 0.156. The fourth-order valence-corrected chi connectivity index (χ4v) is 8.04. The van der Waals surface area contributed by atoms with Crippen LogP contribution in [0.2, 0.25) is 0 Å². The molecule has 8 rings (SSSR count). The second-order valence-electron chi connectivity index (χ2n) is 12.1. The van der Waals surface area contributed by atoms with Gasteiger partial charge in [0.2, 0.25) is 0 Å². The third-order valence-corrected chi connectivity index (χ3v) is 10.3. The van der Waals surface area contributed by atoms with E-state index in [0.717, 1.165) is 0 Å². The molecular weight excluding hydrogens is 527 g/mol. The summed E-state index contributed by atoms with van der Waals surface area (Å²) in [5, 5.41) is 0. The van der Waals surface area contributed by atoms with E-state index in [0.29, 0.717) is 5.92 Å². The molecule has 0 unspecified atom stereocenters. The molecule has 2 nitrogen and oxygen atoms in total. The first-order chi connectivity index (χ1) is 20.7. The van der Waals surface area contributed by atoms with Crippen LogP contribution in [-0.2, 0) is 0 Å². The summed E-state index contributed by atoms with van der Waals surface area (Å²) in [7, 11) is 0. The number of fused-ring (bicyclic) bond motifs is 4. The Morgan fingerprint density at radius 2 is 1.19 bits per heavy atom. The molecular formula is C38H35BN2S. The van der Waals surface area contributed by atoms with Gasteiger partial charge in [0.25, 0.3) is 6.71 Å². The molecule has 3 aliphatic rings. The van der Waals surface area contributed by atoms with Crippen molar-refractivity contribution in [1.82, 2.24) is 0 Å². The number of rotatable bonds is 4. The molecule has 0 atom stereocenters. The Hall–Kier alpha value is -3.89. The van der Waals surface area contributed by atoms with Crippen LogP contribution in [0, 0.1) is 6.92 Å². The molecule has 5 aromatic rings. The smallest absolute Gasteiger partial charge is 0.252 e. The van der Waals surface area contributed by atoms with Crippen LogP contribution in [0.3, 0.4) is 0 Å². The zero-order chi connectivity index (χ0) is 28.2. The Morgan fingerprint density at radius 1 is 0.619 bits per heavy atom. The number of aryl methyl sites for hydroxylation is 1. The average Bonchev–Trinajstić information content (AvgIpc) is 3.05. The summed E-state index contributed by atoms with van der Waals surface area (Å²) >= 11 is 1.82. The van der Waals surface area contributed by atoms with E-state index in [9.17, 15) is 0 Å². The molecule has 0 bridgehead atoms. The molecule has 0 amide bonds. The molecule has 4 heteroatoms. The van der Waals surface area contributed by atoms with Crippen molar-refractivity contribution < 1.29 is 0 Å². The van der Waals surface area contributed by atoms with Crippen LogP contribution < -0.4 is 26.2 Å². The first kappa shape index (κ1) is 25.8. The van der Waals surface area contributed by atoms with E-state index in [1.54, 1.807) is 0 Å². The van der Waals surface area contributed by atoms with E-state index in [4.69, 9.17) is 0 Å². The van der Waals surface area contributed by atoms with Crippen LogP contribution in [0.5, 0.6) is 0 Å². The van der Waals surface area contributed by atoms with Crippen LogP contribution in [0.25, 0.3) is 0 Å². The molecule has 2 aliphatic heterocycles. The summed E-state index contributed by atoms with van der Waals surface area (Å²) < 4.78 is 0. The van der Waals surface area contributed by atoms with Crippen LogP contribution >= 0.6 is 11.8 Å². The summed E-state index contributed by atoms with van der Waals surface area (Å²) in [5.74, 6) is 0.604. The Morgan fingerprint density at radius 3 is 1.79 bits per heavy atom. The van der Waals surface area contributed by atoms with Gasteiger partial charge in [-0.1, -0.05) is 73.9 Å². The van der Waals surface area contributed by atoms with Gasteiger partial charge < -0.3 is 9.80 Å². The van der Waals surface area contributed by atoms with E-state index in [1.165, 1.54) is 98.6 Å². The lowest BCUT2D eigenvalue weighted by atomic mass is 9.33. The van der Waals surface area contributed by atoms with Crippen molar-refractivity contribution in [3.63, 3.8) is 0 Å². The van der Waals surface area contributed by atoms with E-state index in [2.05, 4.69) is 132 Å². The minimum absolute atomic E-state index is 0.178. The monoisotopic (exact) mass is 562 g/mol. The van der Waals surface area contributed by atoms with Crippen LogP contribution in [0.1, 0.15) is 49.1 Å². The molecule has 1 aliphatic carbocycles. The molecule has 5 aromatic carbocycles. The Labute approximate surface area is 254 Å². The first-order valence-electron chi connectivity index (χ1n) is 15.4. The third-order valence-electron chi connectivity index (χ3n) is 9.56. The van der Waals surface area contributed by atoms with Crippen molar-refractivity contribution >= 4 is 69.0 Å². The molecule has 1 fully saturated rings. The van der Waals surface area contributed by atoms with Crippen molar-refractivity contribution in [3.05, 3.63) is 120 Å². The van der Waals surface area contributed by atoms with E-state index in [1.807, 2.05) is 11.8 Å². The van der Waals surface area contributed by atoms with Gasteiger partial charge in [0.1, 0.15) is 0 Å². The summed E-state index contributed by atoms with van der Waals surface area (Å²) in [6.45, 7) is 2.40. The highest BCUT2D eigenvalue weighted by Gasteiger charge is 2.43. The molecule has 0 aromatic heterocycles. The van der Waals surface area contributed by atoms with Crippen molar-refractivity contribution in [3.8, 4) is 0 Å². The van der Waals surface area contributed by atoms with Crippen LogP contribution in [0.4, 0.5) is 34.1 Å². The lowest BCUT2D eigenvalue weighted by molar-refractivity contribution is 0.444. The van der Waals surface area contributed by atoms with E-state index < -0.39 is 0 Å². The number of nitrogens with zero attached hydrogens (tertiary/aromatic N) is 2. The minimum atomic E-state index is 0.178. The fourth-order valence-electron chi connectivity index (χ4n) is 7.61. The molecule has 1 saturated carbocycles. The van der Waals surface area contributed by atoms with Gasteiger partial charge in [0.15, 0.2) is 0 Å². The highest BCUT2D eigenvalue weighted by molar-refractivity contribution is 7.98. The van der Waals surface area contributed by atoms with Gasteiger partial charge >= 0.3 is 0 Å². The predicted molar refractivity (Wildman–Crippen MR) is 183 cm³/mol. The van der Waals surface area contributed by atoms with Crippen molar-refractivity contribution in [2.75, 3.05) is 16.1 Å². The van der Waals surface area contributed by atoms with E-state index in [-0.39, 0.29) is 6.71 Å². The summed E-state index contributed by atoms with van der Waals surface area (Å²) in [4.78, 5) is 6.40. The van der Waals surface area contributed by atoms with Gasteiger partial charge in [-0.15, -0.1) is 11.8 Å². The van der Waals surface area contributed by atoms with Crippen LogP contribution in [0.15, 0.2) is 114 Å². The molecule has 42 heavy (non-hydrogen) atoms. The summed E-state index contributed by atoms with van der Waals surface area (Å²) in [5.41, 5.74) is 14.7. The van der Waals surface area contributed by atoms with Gasteiger partial charge in [-0.25, -0.2) is 0 Å². The van der Waals surface area contributed by atoms with Gasteiger partial charge in [-0.05, 0) is 114 Å². The SMILES string of the molecule is CSc1ccc2c(c1)N(c1ccccc1)c1cc(C3CCCCC3)cc3c1B2c1ccc(C)cc1N3c1ccccc1. The molecule has 206 valence electrons. The first-order valence-corrected chi connectivity index (χ1v) is 16.6.